The molecular weight excluding hydrogens is 402 g/mol. The summed E-state index contributed by atoms with van der Waals surface area (Å²) < 4.78 is 6.05. The second-order valence-corrected chi connectivity index (χ2v) is 6.85. The number of fused-ring (bicyclic) bond motifs is 1. The molecule has 0 bridgehead atoms. The lowest BCUT2D eigenvalue weighted by molar-refractivity contribution is -0.115. The second-order valence-electron chi connectivity index (χ2n) is 5.99. The van der Waals surface area contributed by atoms with Crippen molar-refractivity contribution in [1.29, 1.82) is 0 Å². The number of benzene rings is 2. The molecule has 0 saturated carbocycles. The zero-order valence-electron chi connectivity index (χ0n) is 14.1. The normalized spacial score (nSPS) is 10.9. The summed E-state index contributed by atoms with van der Waals surface area (Å²) in [4.78, 5) is 24.6. The van der Waals surface area contributed by atoms with Gasteiger partial charge in [-0.05, 0) is 55.3 Å². The van der Waals surface area contributed by atoms with E-state index in [4.69, 9.17) is 4.42 Å². The van der Waals surface area contributed by atoms with Crippen LogP contribution in [0, 0.1) is 13.8 Å². The van der Waals surface area contributed by atoms with Crippen LogP contribution in [0.2, 0.25) is 0 Å². The van der Waals surface area contributed by atoms with E-state index in [9.17, 15) is 19.8 Å². The van der Waals surface area contributed by atoms with Crippen molar-refractivity contribution in [2.24, 2.45) is 0 Å². The Kier molecular flexibility index (Phi) is 4.73. The van der Waals surface area contributed by atoms with E-state index in [1.54, 1.807) is 13.0 Å². The van der Waals surface area contributed by atoms with Crippen molar-refractivity contribution in [3.8, 4) is 11.5 Å². The molecule has 3 rings (SSSR count). The third-order valence-electron chi connectivity index (χ3n) is 4.19. The molecule has 0 fully saturated rings. The molecule has 1 amide bonds. The molecule has 0 atom stereocenters. The van der Waals surface area contributed by atoms with Gasteiger partial charge >= 0.3 is 5.63 Å². The van der Waals surface area contributed by atoms with Crippen molar-refractivity contribution in [3.63, 3.8) is 0 Å². The summed E-state index contributed by atoms with van der Waals surface area (Å²) in [6.45, 7) is 3.58. The Bertz CT molecular complexity index is 1090. The van der Waals surface area contributed by atoms with Gasteiger partial charge in [-0.3, -0.25) is 4.79 Å². The van der Waals surface area contributed by atoms with E-state index in [2.05, 4.69) is 21.2 Å². The largest absolute Gasteiger partial charge is 0.504 e. The quantitative estimate of drug-likeness (QED) is 0.444. The van der Waals surface area contributed by atoms with Crippen LogP contribution in [-0.4, -0.2) is 16.1 Å². The van der Waals surface area contributed by atoms with Crippen LogP contribution in [0.3, 0.4) is 0 Å². The highest BCUT2D eigenvalue weighted by atomic mass is 79.9. The first-order valence-electron chi connectivity index (χ1n) is 7.81. The molecule has 0 aliphatic carbocycles. The van der Waals surface area contributed by atoms with Crippen LogP contribution in [0.25, 0.3) is 11.0 Å². The van der Waals surface area contributed by atoms with Crippen LogP contribution < -0.4 is 10.9 Å². The number of halogens is 1. The Morgan fingerprint density at radius 1 is 1.19 bits per heavy atom. The van der Waals surface area contributed by atoms with Gasteiger partial charge in [0.15, 0.2) is 11.3 Å². The fraction of sp³-hybridized carbons (Fsp3) is 0.158. The summed E-state index contributed by atoms with van der Waals surface area (Å²) in [5.41, 5.74) is 1.50. The number of anilines is 1. The van der Waals surface area contributed by atoms with Gasteiger partial charge in [0, 0.05) is 15.5 Å². The van der Waals surface area contributed by atoms with Crippen molar-refractivity contribution in [1.82, 2.24) is 0 Å². The standard InChI is InChI=1S/C19H16BrNO5/c1-9-7-11(3-5-14(9)20)21-16(23)8-13-10(2)12-4-6-15(22)17(24)18(12)26-19(13)25/h3-7,22,24H,8H2,1-2H3,(H,21,23). The summed E-state index contributed by atoms with van der Waals surface area (Å²) in [6.07, 6.45) is -0.166. The molecule has 1 aromatic heterocycles. The first-order chi connectivity index (χ1) is 12.3. The summed E-state index contributed by atoms with van der Waals surface area (Å²) in [7, 11) is 0. The maximum absolute atomic E-state index is 12.3. The van der Waals surface area contributed by atoms with E-state index in [0.29, 0.717) is 16.6 Å². The van der Waals surface area contributed by atoms with Gasteiger partial charge in [-0.25, -0.2) is 4.79 Å². The number of hydrogen-bond donors (Lipinski definition) is 3. The Morgan fingerprint density at radius 3 is 2.62 bits per heavy atom. The molecule has 0 radical (unpaired) electrons. The van der Waals surface area contributed by atoms with Gasteiger partial charge in [-0.1, -0.05) is 15.9 Å². The van der Waals surface area contributed by atoms with Gasteiger partial charge in [0.1, 0.15) is 0 Å². The molecule has 0 aliphatic rings. The number of phenolic OH excluding ortho intramolecular Hbond substituents is 2. The van der Waals surface area contributed by atoms with Gasteiger partial charge in [0.05, 0.1) is 12.0 Å². The van der Waals surface area contributed by atoms with Gasteiger partial charge in [-0.2, -0.15) is 0 Å². The molecule has 0 aliphatic heterocycles. The molecule has 6 nitrogen and oxygen atoms in total. The smallest absolute Gasteiger partial charge is 0.340 e. The lowest BCUT2D eigenvalue weighted by Gasteiger charge is -2.10. The Morgan fingerprint density at radius 2 is 1.92 bits per heavy atom. The number of hydrogen-bond acceptors (Lipinski definition) is 5. The molecule has 0 saturated heterocycles. The van der Waals surface area contributed by atoms with Crippen molar-refractivity contribution < 1.29 is 19.4 Å². The average molecular weight is 418 g/mol. The molecule has 134 valence electrons. The van der Waals surface area contributed by atoms with Crippen LogP contribution >= 0.6 is 15.9 Å². The maximum atomic E-state index is 12.3. The third kappa shape index (κ3) is 3.30. The van der Waals surface area contributed by atoms with Crippen LogP contribution in [0.5, 0.6) is 11.5 Å². The van der Waals surface area contributed by atoms with E-state index in [-0.39, 0.29) is 29.2 Å². The number of aromatic hydroxyl groups is 2. The summed E-state index contributed by atoms with van der Waals surface area (Å²) in [5.74, 6) is -1.23. The number of nitrogens with one attached hydrogen (secondary N) is 1. The SMILES string of the molecule is Cc1cc(NC(=O)Cc2c(C)c3ccc(O)c(O)c3oc2=O)ccc1Br. The summed E-state index contributed by atoms with van der Waals surface area (Å²) >= 11 is 3.40. The summed E-state index contributed by atoms with van der Waals surface area (Å²) in [5, 5.41) is 22.6. The first kappa shape index (κ1) is 18.0. The van der Waals surface area contributed by atoms with Gasteiger partial charge in [-0.15, -0.1) is 0 Å². The lowest BCUT2D eigenvalue weighted by Crippen LogP contribution is -2.20. The molecule has 3 N–H and O–H groups in total. The zero-order chi connectivity index (χ0) is 19.0. The Labute approximate surface area is 157 Å². The molecule has 2 aromatic carbocycles. The minimum absolute atomic E-state index is 0.0970. The van der Waals surface area contributed by atoms with Crippen LogP contribution in [0.15, 0.2) is 44.0 Å². The van der Waals surface area contributed by atoms with Crippen LogP contribution in [0.4, 0.5) is 5.69 Å². The highest BCUT2D eigenvalue weighted by Gasteiger charge is 2.18. The highest BCUT2D eigenvalue weighted by molar-refractivity contribution is 9.10. The third-order valence-corrected chi connectivity index (χ3v) is 5.08. The van der Waals surface area contributed by atoms with Crippen LogP contribution in [0.1, 0.15) is 16.7 Å². The Balaban J connectivity index is 1.93. The van der Waals surface area contributed by atoms with E-state index in [1.165, 1.54) is 12.1 Å². The molecule has 7 heteroatoms. The van der Waals surface area contributed by atoms with Crippen molar-refractivity contribution in [3.05, 3.63) is 61.9 Å². The molecule has 0 spiro atoms. The van der Waals surface area contributed by atoms with Gasteiger partial charge in [0.25, 0.3) is 0 Å². The molecule has 1 heterocycles. The fourth-order valence-electron chi connectivity index (χ4n) is 2.72. The number of phenols is 2. The summed E-state index contributed by atoms with van der Waals surface area (Å²) in [6, 6.07) is 8.24. The second kappa shape index (κ2) is 6.84. The number of carbonyl (C=O) groups excluding carboxylic acids is 1. The number of carbonyl (C=O) groups is 1. The highest BCUT2D eigenvalue weighted by Crippen LogP contribution is 2.34. The minimum Gasteiger partial charge on any atom is -0.504 e. The van der Waals surface area contributed by atoms with E-state index >= 15 is 0 Å². The van der Waals surface area contributed by atoms with E-state index in [0.717, 1.165) is 10.0 Å². The van der Waals surface area contributed by atoms with E-state index < -0.39 is 11.4 Å². The van der Waals surface area contributed by atoms with Crippen molar-refractivity contribution >= 4 is 38.5 Å². The zero-order valence-corrected chi connectivity index (χ0v) is 15.7. The molecule has 0 unspecified atom stereocenters. The number of aryl methyl sites for hydroxylation is 2. The molecule has 26 heavy (non-hydrogen) atoms. The maximum Gasteiger partial charge on any atom is 0.340 e. The van der Waals surface area contributed by atoms with E-state index in [1.807, 2.05) is 19.1 Å². The van der Waals surface area contributed by atoms with Crippen LogP contribution in [-0.2, 0) is 11.2 Å². The minimum atomic E-state index is -0.724. The monoisotopic (exact) mass is 417 g/mol. The van der Waals surface area contributed by atoms with Gasteiger partial charge in [0.2, 0.25) is 11.7 Å². The topological polar surface area (TPSA) is 99.8 Å². The van der Waals surface area contributed by atoms with Gasteiger partial charge < -0.3 is 19.9 Å². The van der Waals surface area contributed by atoms with Crippen molar-refractivity contribution in [2.75, 3.05) is 5.32 Å². The molecular formula is C19H16BrNO5. The fourth-order valence-corrected chi connectivity index (χ4v) is 2.97. The number of rotatable bonds is 3. The Hall–Kier alpha value is -2.80. The average Bonchev–Trinajstić information content (AvgIpc) is 2.58. The predicted molar refractivity (Wildman–Crippen MR) is 102 cm³/mol. The lowest BCUT2D eigenvalue weighted by atomic mass is 10.0. The first-order valence-corrected chi connectivity index (χ1v) is 8.60. The molecule has 3 aromatic rings. The van der Waals surface area contributed by atoms with Crippen molar-refractivity contribution in [2.45, 2.75) is 20.3 Å². The number of amides is 1. The predicted octanol–water partition coefficient (Wildman–Crippen LogP) is 3.76.